The SMILES string of the molecule is CO[C@@H]1OC[C@H](OS(=O)(=O)C(F)(F)F)[C@H](OC(=O)c2ccccc2)[C@H]1OC(=O)c1ccccc1. The molecule has 0 bridgehead atoms. The number of benzene rings is 2. The molecule has 0 N–H and O–H groups in total. The van der Waals surface area contributed by atoms with Gasteiger partial charge in [-0.25, -0.2) is 9.59 Å². The maximum atomic E-state index is 12.9. The first-order chi connectivity index (χ1) is 16.0. The molecule has 0 aliphatic carbocycles. The maximum absolute atomic E-state index is 12.9. The average molecular weight is 504 g/mol. The summed E-state index contributed by atoms with van der Waals surface area (Å²) in [5.41, 5.74) is -5.68. The normalized spacial score (nSPS) is 23.2. The third-order valence-corrected chi connectivity index (χ3v) is 5.72. The first-order valence-corrected chi connectivity index (χ1v) is 11.1. The number of carbonyl (C=O) groups excluding carboxylic acids is 2. The minimum Gasteiger partial charge on any atom is -0.452 e. The smallest absolute Gasteiger partial charge is 0.452 e. The van der Waals surface area contributed by atoms with Crippen LogP contribution in [-0.2, 0) is 33.2 Å². The summed E-state index contributed by atoms with van der Waals surface area (Å²) in [4.78, 5) is 25.3. The van der Waals surface area contributed by atoms with E-state index in [2.05, 4.69) is 4.18 Å². The van der Waals surface area contributed by atoms with E-state index in [-0.39, 0.29) is 11.1 Å². The highest BCUT2D eigenvalue weighted by Crippen LogP contribution is 2.31. The standard InChI is InChI=1S/C21H19F3O9S/c1-29-20-17(32-19(26)14-10-6-3-7-11-14)16(31-18(25)13-8-4-2-5-9-13)15(12-30-20)33-34(27,28)21(22,23)24/h2-11,15-17,20H,12H2,1H3/t15-,16-,17+,20+/m0/s1. The molecule has 0 aromatic heterocycles. The highest BCUT2D eigenvalue weighted by atomic mass is 32.2. The summed E-state index contributed by atoms with van der Waals surface area (Å²) in [5.74, 6) is -1.97. The molecular weight excluding hydrogens is 485 g/mol. The number of alkyl halides is 3. The summed E-state index contributed by atoms with van der Waals surface area (Å²) >= 11 is 0. The Morgan fingerprint density at radius 2 is 1.35 bits per heavy atom. The second-order valence-corrected chi connectivity index (χ2v) is 8.51. The largest absolute Gasteiger partial charge is 0.523 e. The van der Waals surface area contributed by atoms with E-state index >= 15 is 0 Å². The van der Waals surface area contributed by atoms with E-state index in [0.717, 1.165) is 7.11 Å². The number of carbonyl (C=O) groups is 2. The summed E-state index contributed by atoms with van der Waals surface area (Å²) < 4.78 is 87.4. The van der Waals surface area contributed by atoms with Crippen LogP contribution in [0, 0.1) is 0 Å². The molecule has 0 radical (unpaired) electrons. The van der Waals surface area contributed by atoms with Crippen LogP contribution < -0.4 is 0 Å². The predicted molar refractivity (Wildman–Crippen MR) is 108 cm³/mol. The lowest BCUT2D eigenvalue weighted by atomic mass is 10.0. The van der Waals surface area contributed by atoms with Gasteiger partial charge in [-0.1, -0.05) is 36.4 Å². The molecule has 1 aliphatic heterocycles. The van der Waals surface area contributed by atoms with Gasteiger partial charge in [0.15, 0.2) is 18.5 Å². The maximum Gasteiger partial charge on any atom is 0.523 e. The quantitative estimate of drug-likeness (QED) is 0.319. The molecule has 0 spiro atoms. The minimum atomic E-state index is -6.11. The molecule has 2 aromatic rings. The van der Waals surface area contributed by atoms with Crippen LogP contribution in [-0.4, -0.2) is 64.2 Å². The molecule has 0 amide bonds. The van der Waals surface area contributed by atoms with E-state index in [9.17, 15) is 31.2 Å². The van der Waals surface area contributed by atoms with Crippen molar-refractivity contribution in [1.29, 1.82) is 0 Å². The van der Waals surface area contributed by atoms with Crippen molar-refractivity contribution in [3.63, 3.8) is 0 Å². The Morgan fingerprint density at radius 1 is 0.882 bits per heavy atom. The Morgan fingerprint density at radius 3 is 1.79 bits per heavy atom. The lowest BCUT2D eigenvalue weighted by Crippen LogP contribution is -2.58. The first-order valence-electron chi connectivity index (χ1n) is 9.69. The zero-order valence-corrected chi connectivity index (χ0v) is 18.3. The van der Waals surface area contributed by atoms with Crippen molar-refractivity contribution in [2.75, 3.05) is 13.7 Å². The van der Waals surface area contributed by atoms with Crippen LogP contribution in [0.25, 0.3) is 0 Å². The third kappa shape index (κ3) is 5.91. The number of ether oxygens (including phenoxy) is 4. The van der Waals surface area contributed by atoms with Crippen molar-refractivity contribution in [1.82, 2.24) is 0 Å². The molecule has 34 heavy (non-hydrogen) atoms. The van der Waals surface area contributed by atoms with Gasteiger partial charge in [0.1, 0.15) is 6.10 Å². The minimum absolute atomic E-state index is 0.00789. The van der Waals surface area contributed by atoms with Crippen LogP contribution in [0.4, 0.5) is 13.2 Å². The van der Waals surface area contributed by atoms with Crippen molar-refractivity contribution in [3.05, 3.63) is 71.8 Å². The molecule has 9 nitrogen and oxygen atoms in total. The number of hydrogen-bond acceptors (Lipinski definition) is 9. The van der Waals surface area contributed by atoms with Crippen LogP contribution in [0.3, 0.4) is 0 Å². The molecular formula is C21H19F3O9S. The van der Waals surface area contributed by atoms with Gasteiger partial charge in [-0.3, -0.25) is 4.18 Å². The summed E-state index contributed by atoms with van der Waals surface area (Å²) in [5, 5.41) is 0. The van der Waals surface area contributed by atoms with Crippen molar-refractivity contribution >= 4 is 22.1 Å². The summed E-state index contributed by atoms with van der Waals surface area (Å²) in [6.07, 6.45) is -6.92. The van der Waals surface area contributed by atoms with Gasteiger partial charge in [0.05, 0.1) is 17.7 Å². The average Bonchev–Trinajstić information content (AvgIpc) is 2.81. The van der Waals surface area contributed by atoms with Gasteiger partial charge in [0, 0.05) is 7.11 Å². The van der Waals surface area contributed by atoms with Crippen molar-refractivity contribution in [2.24, 2.45) is 0 Å². The monoisotopic (exact) mass is 504 g/mol. The van der Waals surface area contributed by atoms with Gasteiger partial charge < -0.3 is 18.9 Å². The first kappa shape index (κ1) is 25.6. The number of methoxy groups -OCH3 is 1. The predicted octanol–water partition coefficient (Wildman–Crippen LogP) is 2.68. The van der Waals surface area contributed by atoms with Crippen molar-refractivity contribution < 1.29 is 54.3 Å². The fourth-order valence-electron chi connectivity index (χ4n) is 3.05. The van der Waals surface area contributed by atoms with Crippen LogP contribution >= 0.6 is 0 Å². The molecule has 4 atom stereocenters. The molecule has 0 saturated carbocycles. The fraction of sp³-hybridized carbons (Fsp3) is 0.333. The molecule has 0 unspecified atom stereocenters. The van der Waals surface area contributed by atoms with Crippen LogP contribution in [0.5, 0.6) is 0 Å². The molecule has 13 heteroatoms. The fourth-order valence-corrected chi connectivity index (χ4v) is 3.64. The molecule has 1 aliphatic rings. The number of esters is 2. The van der Waals surface area contributed by atoms with E-state index in [1.807, 2.05) is 0 Å². The summed E-state index contributed by atoms with van der Waals surface area (Å²) in [7, 11) is -4.96. The Balaban J connectivity index is 1.95. The lowest BCUT2D eigenvalue weighted by Gasteiger charge is -2.39. The van der Waals surface area contributed by atoms with Crippen molar-refractivity contribution in [3.8, 4) is 0 Å². The van der Waals surface area contributed by atoms with E-state index in [1.165, 1.54) is 48.5 Å². The number of hydrogen-bond donors (Lipinski definition) is 0. The van der Waals surface area contributed by atoms with Crippen LogP contribution in [0.2, 0.25) is 0 Å². The van der Waals surface area contributed by atoms with E-state index < -0.39 is 58.8 Å². The van der Waals surface area contributed by atoms with E-state index in [0.29, 0.717) is 0 Å². The van der Waals surface area contributed by atoms with Gasteiger partial charge in [0.25, 0.3) is 0 Å². The second kappa shape index (κ2) is 10.5. The topological polar surface area (TPSA) is 114 Å². The Bertz CT molecular complexity index is 1090. The Kier molecular flexibility index (Phi) is 7.92. The van der Waals surface area contributed by atoms with Gasteiger partial charge in [-0.15, -0.1) is 0 Å². The molecule has 1 fully saturated rings. The van der Waals surface area contributed by atoms with Gasteiger partial charge >= 0.3 is 27.6 Å². The highest BCUT2D eigenvalue weighted by molar-refractivity contribution is 7.87. The number of halogens is 3. The van der Waals surface area contributed by atoms with Crippen LogP contribution in [0.1, 0.15) is 20.7 Å². The molecule has 184 valence electrons. The summed E-state index contributed by atoms with van der Waals surface area (Å²) in [6.45, 7) is -0.778. The number of rotatable bonds is 7. The summed E-state index contributed by atoms with van der Waals surface area (Å²) in [6, 6.07) is 14.9. The third-order valence-electron chi connectivity index (χ3n) is 4.65. The zero-order valence-electron chi connectivity index (χ0n) is 17.5. The van der Waals surface area contributed by atoms with Gasteiger partial charge in [-0.05, 0) is 24.3 Å². The van der Waals surface area contributed by atoms with Gasteiger partial charge in [-0.2, -0.15) is 21.6 Å². The van der Waals surface area contributed by atoms with Crippen molar-refractivity contribution in [2.45, 2.75) is 30.1 Å². The Hall–Kier alpha value is -3.00. The Labute approximate surface area is 192 Å². The van der Waals surface area contributed by atoms with E-state index in [1.54, 1.807) is 12.1 Å². The lowest BCUT2D eigenvalue weighted by molar-refractivity contribution is -0.257. The van der Waals surface area contributed by atoms with Gasteiger partial charge in [0.2, 0.25) is 0 Å². The molecule has 3 rings (SSSR count). The zero-order chi connectivity index (χ0) is 24.9. The molecule has 1 saturated heterocycles. The second-order valence-electron chi connectivity index (χ2n) is 6.94. The van der Waals surface area contributed by atoms with E-state index in [4.69, 9.17) is 18.9 Å². The molecule has 1 heterocycles. The molecule has 2 aromatic carbocycles. The highest BCUT2D eigenvalue weighted by Gasteiger charge is 2.54. The van der Waals surface area contributed by atoms with Crippen LogP contribution in [0.15, 0.2) is 60.7 Å².